The quantitative estimate of drug-likeness (QED) is 0.694. The summed E-state index contributed by atoms with van der Waals surface area (Å²) in [7, 11) is 2.13. The van der Waals surface area contributed by atoms with Crippen LogP contribution in [-0.2, 0) is 4.74 Å². The van der Waals surface area contributed by atoms with Gasteiger partial charge in [0.05, 0.1) is 24.7 Å². The summed E-state index contributed by atoms with van der Waals surface area (Å²) in [5, 5.41) is 8.81. The second-order valence-electron chi connectivity index (χ2n) is 4.64. The molecule has 2 unspecified atom stereocenters. The molecule has 0 N–H and O–H groups in total. The van der Waals surface area contributed by atoms with Gasteiger partial charge in [0.2, 0.25) is 0 Å². The van der Waals surface area contributed by atoms with Crippen molar-refractivity contribution in [2.75, 3.05) is 46.4 Å². The lowest BCUT2D eigenvalue weighted by Crippen LogP contribution is -2.46. The van der Waals surface area contributed by atoms with Crippen molar-refractivity contribution in [1.82, 2.24) is 9.80 Å². The monoisotopic (exact) mass is 225 g/mol. The van der Waals surface area contributed by atoms with E-state index >= 15 is 0 Å². The molecule has 0 radical (unpaired) electrons. The van der Waals surface area contributed by atoms with Crippen LogP contribution in [0.3, 0.4) is 0 Å². The lowest BCUT2D eigenvalue weighted by atomic mass is 10.2. The van der Waals surface area contributed by atoms with Crippen molar-refractivity contribution in [2.24, 2.45) is 5.92 Å². The van der Waals surface area contributed by atoms with Crippen LogP contribution in [0.25, 0.3) is 0 Å². The van der Waals surface area contributed by atoms with Gasteiger partial charge in [-0.25, -0.2) is 0 Å². The van der Waals surface area contributed by atoms with Crippen LogP contribution >= 0.6 is 0 Å². The third-order valence-corrected chi connectivity index (χ3v) is 3.00. The van der Waals surface area contributed by atoms with Crippen molar-refractivity contribution in [3.63, 3.8) is 0 Å². The van der Waals surface area contributed by atoms with Crippen LogP contribution in [-0.4, -0.2) is 62.3 Å². The van der Waals surface area contributed by atoms with Gasteiger partial charge in [0.15, 0.2) is 0 Å². The first-order valence-electron chi connectivity index (χ1n) is 6.07. The van der Waals surface area contributed by atoms with Crippen molar-refractivity contribution in [1.29, 1.82) is 5.26 Å². The molecule has 0 bridgehead atoms. The summed E-state index contributed by atoms with van der Waals surface area (Å²) in [5.41, 5.74) is 0. The Morgan fingerprint density at radius 1 is 1.62 bits per heavy atom. The van der Waals surface area contributed by atoms with E-state index in [1.165, 1.54) is 0 Å². The van der Waals surface area contributed by atoms with Crippen LogP contribution in [0.15, 0.2) is 0 Å². The molecule has 0 aromatic carbocycles. The SMILES string of the molecule is CCN(CC(C)C#N)CC1CN(C)CCO1. The van der Waals surface area contributed by atoms with Crippen LogP contribution in [0.4, 0.5) is 0 Å². The molecule has 1 heterocycles. The Bertz CT molecular complexity index is 239. The molecule has 1 saturated heterocycles. The number of hydrogen-bond donors (Lipinski definition) is 0. The molecule has 16 heavy (non-hydrogen) atoms. The molecule has 0 spiro atoms. The molecule has 0 aromatic rings. The summed E-state index contributed by atoms with van der Waals surface area (Å²) in [4.78, 5) is 4.60. The zero-order valence-electron chi connectivity index (χ0n) is 10.6. The van der Waals surface area contributed by atoms with Gasteiger partial charge >= 0.3 is 0 Å². The normalized spacial score (nSPS) is 24.3. The van der Waals surface area contributed by atoms with Gasteiger partial charge in [-0.15, -0.1) is 0 Å². The van der Waals surface area contributed by atoms with Gasteiger partial charge in [-0.2, -0.15) is 5.26 Å². The van der Waals surface area contributed by atoms with Crippen LogP contribution < -0.4 is 0 Å². The third kappa shape index (κ3) is 4.48. The molecule has 0 aliphatic carbocycles. The van der Waals surface area contributed by atoms with Crippen molar-refractivity contribution in [3.8, 4) is 6.07 Å². The first-order chi connectivity index (χ1) is 7.65. The summed E-state index contributed by atoms with van der Waals surface area (Å²) >= 11 is 0. The highest BCUT2D eigenvalue weighted by molar-refractivity contribution is 4.82. The molecule has 92 valence electrons. The highest BCUT2D eigenvalue weighted by Gasteiger charge is 2.20. The van der Waals surface area contributed by atoms with Gasteiger partial charge in [0.1, 0.15) is 0 Å². The lowest BCUT2D eigenvalue weighted by molar-refractivity contribution is -0.0357. The van der Waals surface area contributed by atoms with E-state index in [-0.39, 0.29) is 5.92 Å². The van der Waals surface area contributed by atoms with Gasteiger partial charge in [0, 0.05) is 26.2 Å². The Kier molecular flexibility index (Phi) is 5.75. The summed E-state index contributed by atoms with van der Waals surface area (Å²) in [6.45, 7) is 9.72. The Balaban J connectivity index is 2.34. The number of likely N-dealkylation sites (N-methyl/N-ethyl adjacent to an activating group) is 2. The van der Waals surface area contributed by atoms with Crippen LogP contribution in [0.5, 0.6) is 0 Å². The molecular weight excluding hydrogens is 202 g/mol. The lowest BCUT2D eigenvalue weighted by Gasteiger charge is -2.33. The molecule has 2 atom stereocenters. The fourth-order valence-electron chi connectivity index (χ4n) is 2.03. The number of nitriles is 1. The average Bonchev–Trinajstić information content (AvgIpc) is 2.28. The van der Waals surface area contributed by atoms with Crippen LogP contribution in [0, 0.1) is 17.2 Å². The van der Waals surface area contributed by atoms with E-state index in [0.29, 0.717) is 6.10 Å². The summed E-state index contributed by atoms with van der Waals surface area (Å²) in [5.74, 6) is 0.0984. The summed E-state index contributed by atoms with van der Waals surface area (Å²) < 4.78 is 5.73. The first-order valence-corrected chi connectivity index (χ1v) is 6.07. The Morgan fingerprint density at radius 3 is 2.94 bits per heavy atom. The fraction of sp³-hybridized carbons (Fsp3) is 0.917. The van der Waals surface area contributed by atoms with Crippen LogP contribution in [0.2, 0.25) is 0 Å². The van der Waals surface area contributed by atoms with Gasteiger partial charge in [-0.3, -0.25) is 4.90 Å². The molecule has 0 aromatic heterocycles. The standard InChI is InChI=1S/C12H23N3O/c1-4-15(8-11(2)7-13)10-12-9-14(3)5-6-16-12/h11-12H,4-6,8-10H2,1-3H3. The molecule has 4 heteroatoms. The highest BCUT2D eigenvalue weighted by atomic mass is 16.5. The maximum Gasteiger partial charge on any atom is 0.0829 e. The minimum Gasteiger partial charge on any atom is -0.374 e. The summed E-state index contributed by atoms with van der Waals surface area (Å²) in [6.07, 6.45) is 0.296. The molecule has 4 nitrogen and oxygen atoms in total. The van der Waals surface area contributed by atoms with Gasteiger partial charge in [-0.05, 0) is 20.5 Å². The van der Waals surface area contributed by atoms with E-state index in [4.69, 9.17) is 10.00 Å². The maximum atomic E-state index is 8.81. The number of rotatable bonds is 5. The van der Waals surface area contributed by atoms with E-state index in [2.05, 4.69) is 29.8 Å². The van der Waals surface area contributed by atoms with Crippen molar-refractivity contribution in [3.05, 3.63) is 0 Å². The predicted molar refractivity (Wildman–Crippen MR) is 64.1 cm³/mol. The van der Waals surface area contributed by atoms with E-state index in [9.17, 15) is 0 Å². The van der Waals surface area contributed by atoms with Gasteiger partial charge in [0.25, 0.3) is 0 Å². The van der Waals surface area contributed by atoms with Crippen molar-refractivity contribution < 1.29 is 4.74 Å². The molecule has 1 fully saturated rings. The summed E-state index contributed by atoms with van der Waals surface area (Å²) in [6, 6.07) is 2.28. The fourth-order valence-corrected chi connectivity index (χ4v) is 2.03. The molecule has 1 aliphatic rings. The number of ether oxygens (including phenoxy) is 1. The minimum absolute atomic E-state index is 0.0984. The number of hydrogen-bond acceptors (Lipinski definition) is 4. The highest BCUT2D eigenvalue weighted by Crippen LogP contribution is 2.07. The van der Waals surface area contributed by atoms with E-state index in [1.54, 1.807) is 0 Å². The zero-order valence-corrected chi connectivity index (χ0v) is 10.6. The maximum absolute atomic E-state index is 8.81. The Morgan fingerprint density at radius 2 is 2.38 bits per heavy atom. The van der Waals surface area contributed by atoms with Gasteiger partial charge < -0.3 is 9.64 Å². The van der Waals surface area contributed by atoms with E-state index in [1.807, 2.05) is 6.92 Å². The second-order valence-corrected chi connectivity index (χ2v) is 4.64. The number of nitrogens with zero attached hydrogens (tertiary/aromatic N) is 3. The van der Waals surface area contributed by atoms with Crippen molar-refractivity contribution in [2.45, 2.75) is 20.0 Å². The molecular formula is C12H23N3O. The smallest absolute Gasteiger partial charge is 0.0829 e. The molecule has 0 amide bonds. The third-order valence-electron chi connectivity index (χ3n) is 3.00. The van der Waals surface area contributed by atoms with Crippen LogP contribution in [0.1, 0.15) is 13.8 Å². The molecule has 1 rings (SSSR count). The Hall–Kier alpha value is -0.630. The largest absolute Gasteiger partial charge is 0.374 e. The zero-order chi connectivity index (χ0) is 12.0. The van der Waals surface area contributed by atoms with E-state index < -0.39 is 0 Å². The van der Waals surface area contributed by atoms with Gasteiger partial charge in [-0.1, -0.05) is 6.92 Å². The predicted octanol–water partition coefficient (Wildman–Crippen LogP) is 0.799. The molecule has 1 aliphatic heterocycles. The topological polar surface area (TPSA) is 39.5 Å². The average molecular weight is 225 g/mol. The minimum atomic E-state index is 0.0984. The first kappa shape index (κ1) is 13.4. The Labute approximate surface area is 98.8 Å². The number of morpholine rings is 1. The second kappa shape index (κ2) is 6.85. The molecule has 0 saturated carbocycles. The van der Waals surface area contributed by atoms with E-state index in [0.717, 1.165) is 39.3 Å². The van der Waals surface area contributed by atoms with Crippen molar-refractivity contribution >= 4 is 0 Å².